The molecule has 0 unspecified atom stereocenters. The van der Waals surface area contributed by atoms with E-state index < -0.39 is 5.91 Å². The summed E-state index contributed by atoms with van der Waals surface area (Å²) in [6, 6.07) is 14.6. The van der Waals surface area contributed by atoms with Crippen LogP contribution in [0.25, 0.3) is 10.2 Å². The second-order valence-corrected chi connectivity index (χ2v) is 6.70. The van der Waals surface area contributed by atoms with Gasteiger partial charge in [-0.05, 0) is 31.2 Å². The van der Waals surface area contributed by atoms with E-state index in [4.69, 9.17) is 14.2 Å². The Labute approximate surface area is 165 Å². The Hall–Kier alpha value is -3.13. The first-order valence-corrected chi connectivity index (χ1v) is 9.51. The van der Waals surface area contributed by atoms with E-state index in [0.717, 1.165) is 10.2 Å². The predicted molar refractivity (Wildman–Crippen MR) is 106 cm³/mol. The zero-order valence-electron chi connectivity index (χ0n) is 15.6. The van der Waals surface area contributed by atoms with Gasteiger partial charge in [-0.15, -0.1) is 0 Å². The van der Waals surface area contributed by atoms with Crippen molar-refractivity contribution < 1.29 is 23.8 Å². The van der Waals surface area contributed by atoms with Crippen LogP contribution in [0.5, 0.6) is 11.5 Å². The number of carbonyl (C=O) groups is 2. The number of fused-ring (bicyclic) bond motifs is 1. The van der Waals surface area contributed by atoms with E-state index in [-0.39, 0.29) is 19.1 Å². The molecule has 0 spiro atoms. The number of rotatable bonds is 7. The van der Waals surface area contributed by atoms with Gasteiger partial charge < -0.3 is 18.8 Å². The smallest absolute Gasteiger partial charge is 0.326 e. The minimum Gasteiger partial charge on any atom is -0.493 e. The number of carbonyl (C=O) groups excluding carboxylic acids is 2. The molecule has 0 aliphatic carbocycles. The summed E-state index contributed by atoms with van der Waals surface area (Å²) in [6.07, 6.45) is 0. The topological polar surface area (TPSA) is 79.1 Å². The Morgan fingerprint density at radius 2 is 1.79 bits per heavy atom. The summed E-state index contributed by atoms with van der Waals surface area (Å²) >= 11 is 1.33. The average Bonchev–Trinajstić information content (AvgIpc) is 3.03. The number of thiazole rings is 1. The van der Waals surface area contributed by atoms with Gasteiger partial charge in [0.2, 0.25) is 0 Å². The van der Waals surface area contributed by atoms with Gasteiger partial charge in [0.1, 0.15) is 6.54 Å². The first-order chi connectivity index (χ1) is 13.6. The molecular formula is C20H20N2O5S. The van der Waals surface area contributed by atoms with Crippen LogP contribution >= 0.6 is 11.3 Å². The van der Waals surface area contributed by atoms with E-state index in [9.17, 15) is 9.59 Å². The van der Waals surface area contributed by atoms with Gasteiger partial charge >= 0.3 is 5.97 Å². The fourth-order valence-corrected chi connectivity index (χ4v) is 3.66. The summed E-state index contributed by atoms with van der Waals surface area (Å²) in [7, 11) is 1.53. The largest absolute Gasteiger partial charge is 0.493 e. The number of nitrogens with zero attached hydrogens (tertiary/aromatic N) is 2. The molecule has 1 amide bonds. The van der Waals surface area contributed by atoms with Crippen molar-refractivity contribution in [1.82, 2.24) is 4.57 Å². The van der Waals surface area contributed by atoms with Gasteiger partial charge in [0.25, 0.3) is 5.91 Å². The third kappa shape index (κ3) is 4.58. The van der Waals surface area contributed by atoms with Crippen LogP contribution in [0.1, 0.15) is 6.92 Å². The molecule has 3 aromatic rings. The second kappa shape index (κ2) is 9.18. The van der Waals surface area contributed by atoms with Crippen molar-refractivity contribution in [2.45, 2.75) is 13.5 Å². The van der Waals surface area contributed by atoms with E-state index >= 15 is 0 Å². The second-order valence-electron chi connectivity index (χ2n) is 5.69. The van der Waals surface area contributed by atoms with Gasteiger partial charge in [0.15, 0.2) is 22.9 Å². The standard InChI is InChI=1S/C20H20N2O5S/c1-3-26-19(24)12-22-14-8-4-7-11-17(14)28-20(22)21-18(23)13-27-16-10-6-5-9-15(16)25-2/h4-11H,3,12-13H2,1-2H3. The highest BCUT2D eigenvalue weighted by atomic mass is 32.1. The molecule has 7 nitrogen and oxygen atoms in total. The summed E-state index contributed by atoms with van der Waals surface area (Å²) in [5.41, 5.74) is 0.817. The highest BCUT2D eigenvalue weighted by Crippen LogP contribution is 2.25. The Balaban J connectivity index is 1.85. The summed E-state index contributed by atoms with van der Waals surface area (Å²) in [5, 5.41) is 0. The minimum atomic E-state index is -0.463. The lowest BCUT2D eigenvalue weighted by Crippen LogP contribution is -2.24. The maximum Gasteiger partial charge on any atom is 0.326 e. The lowest BCUT2D eigenvalue weighted by atomic mass is 10.3. The van der Waals surface area contributed by atoms with E-state index in [1.807, 2.05) is 30.3 Å². The van der Waals surface area contributed by atoms with Gasteiger partial charge in [0.05, 0.1) is 23.9 Å². The number of hydrogen-bond acceptors (Lipinski definition) is 6. The van der Waals surface area contributed by atoms with Crippen LogP contribution in [0.4, 0.5) is 0 Å². The van der Waals surface area contributed by atoms with Crippen LogP contribution in [0.2, 0.25) is 0 Å². The Morgan fingerprint density at radius 3 is 2.54 bits per heavy atom. The molecule has 3 rings (SSSR count). The van der Waals surface area contributed by atoms with Gasteiger partial charge in [-0.25, -0.2) is 0 Å². The zero-order chi connectivity index (χ0) is 19.9. The molecule has 1 aromatic heterocycles. The summed E-state index contributed by atoms with van der Waals surface area (Å²) in [6.45, 7) is 1.78. The lowest BCUT2D eigenvalue weighted by Gasteiger charge is -2.08. The number of benzene rings is 2. The normalized spacial score (nSPS) is 11.4. The minimum absolute atomic E-state index is 0.0165. The van der Waals surface area contributed by atoms with Crippen LogP contribution < -0.4 is 14.3 Å². The van der Waals surface area contributed by atoms with E-state index in [1.165, 1.54) is 18.4 Å². The number of para-hydroxylation sites is 3. The number of aromatic nitrogens is 1. The summed E-state index contributed by atoms with van der Waals surface area (Å²) in [4.78, 5) is 28.9. The molecule has 0 aliphatic heterocycles. The van der Waals surface area contributed by atoms with Crippen molar-refractivity contribution >= 4 is 33.4 Å². The highest BCUT2D eigenvalue weighted by molar-refractivity contribution is 7.16. The Bertz CT molecular complexity index is 1050. The zero-order valence-corrected chi connectivity index (χ0v) is 16.4. The molecule has 0 radical (unpaired) electrons. The molecule has 0 N–H and O–H groups in total. The number of ether oxygens (including phenoxy) is 3. The Kier molecular flexibility index (Phi) is 6.44. The molecular weight excluding hydrogens is 380 g/mol. The molecule has 2 aromatic carbocycles. The van der Waals surface area contributed by atoms with Crippen molar-refractivity contribution in [3.05, 3.63) is 53.3 Å². The van der Waals surface area contributed by atoms with Crippen molar-refractivity contribution in [2.24, 2.45) is 4.99 Å². The highest BCUT2D eigenvalue weighted by Gasteiger charge is 2.12. The van der Waals surface area contributed by atoms with Gasteiger partial charge in [-0.2, -0.15) is 4.99 Å². The molecule has 8 heteroatoms. The predicted octanol–water partition coefficient (Wildman–Crippen LogP) is 2.78. The third-order valence-electron chi connectivity index (χ3n) is 3.82. The van der Waals surface area contributed by atoms with E-state index in [2.05, 4.69) is 4.99 Å². The number of hydrogen-bond donors (Lipinski definition) is 0. The summed E-state index contributed by atoms with van der Waals surface area (Å²) < 4.78 is 18.4. The molecule has 28 heavy (non-hydrogen) atoms. The van der Waals surface area contributed by atoms with Gasteiger partial charge in [-0.1, -0.05) is 35.6 Å². The fraction of sp³-hybridized carbons (Fsp3) is 0.250. The van der Waals surface area contributed by atoms with Crippen molar-refractivity contribution in [1.29, 1.82) is 0 Å². The Morgan fingerprint density at radius 1 is 1.07 bits per heavy atom. The molecule has 0 aliphatic rings. The quantitative estimate of drug-likeness (QED) is 0.570. The molecule has 146 valence electrons. The maximum absolute atomic E-state index is 12.4. The molecule has 0 saturated heterocycles. The molecule has 1 heterocycles. The first-order valence-electron chi connectivity index (χ1n) is 8.69. The monoisotopic (exact) mass is 400 g/mol. The van der Waals surface area contributed by atoms with Crippen molar-refractivity contribution in [2.75, 3.05) is 20.3 Å². The average molecular weight is 400 g/mol. The number of methoxy groups -OCH3 is 1. The molecule has 0 saturated carbocycles. The van der Waals surface area contributed by atoms with Crippen LogP contribution in [0.15, 0.2) is 53.5 Å². The number of amides is 1. The van der Waals surface area contributed by atoms with Gasteiger partial charge in [-0.3, -0.25) is 9.59 Å². The lowest BCUT2D eigenvalue weighted by molar-refractivity contribution is -0.143. The molecule has 0 bridgehead atoms. The first kappa shape index (κ1) is 19.6. The third-order valence-corrected chi connectivity index (χ3v) is 4.88. The van der Waals surface area contributed by atoms with Gasteiger partial charge in [0, 0.05) is 0 Å². The van der Waals surface area contributed by atoms with Crippen molar-refractivity contribution in [3.63, 3.8) is 0 Å². The summed E-state index contributed by atoms with van der Waals surface area (Å²) in [5.74, 6) is 0.152. The van der Waals surface area contributed by atoms with Crippen LogP contribution in [-0.2, 0) is 20.9 Å². The molecule has 0 fully saturated rings. The van der Waals surface area contributed by atoms with E-state index in [1.54, 1.807) is 29.7 Å². The number of esters is 1. The van der Waals surface area contributed by atoms with Crippen LogP contribution in [0.3, 0.4) is 0 Å². The maximum atomic E-state index is 12.4. The van der Waals surface area contributed by atoms with Crippen molar-refractivity contribution in [3.8, 4) is 11.5 Å². The fourth-order valence-electron chi connectivity index (χ4n) is 2.61. The van der Waals surface area contributed by atoms with Crippen LogP contribution in [-0.4, -0.2) is 36.8 Å². The van der Waals surface area contributed by atoms with E-state index in [0.29, 0.717) is 22.9 Å². The van der Waals surface area contributed by atoms with Crippen LogP contribution in [0, 0.1) is 0 Å². The molecule has 0 atom stereocenters. The SMILES string of the molecule is CCOC(=O)Cn1c(=NC(=O)COc2ccccc2OC)sc2ccccc21.